The number of methoxy groups -OCH3 is 1. The van der Waals surface area contributed by atoms with Crippen molar-refractivity contribution in [3.8, 4) is 0 Å². The standard InChI is InChI=1S/C12H19FN2O3S/c1-8(2)11(7-18-3)15-19(16,17)12-5-4-9(14)6-10(12)13/h4-6,8,11,15H,7,14H2,1-3H3. The second-order valence-corrected chi connectivity index (χ2v) is 6.30. The number of halogens is 1. The Labute approximate surface area is 113 Å². The maximum absolute atomic E-state index is 13.7. The van der Waals surface area contributed by atoms with Gasteiger partial charge in [0.1, 0.15) is 10.7 Å². The summed E-state index contributed by atoms with van der Waals surface area (Å²) in [5, 5.41) is 0. The van der Waals surface area contributed by atoms with Crippen molar-refractivity contribution in [3.63, 3.8) is 0 Å². The Morgan fingerprint density at radius 2 is 2.05 bits per heavy atom. The second kappa shape index (κ2) is 6.31. The molecule has 7 heteroatoms. The molecule has 0 bridgehead atoms. The van der Waals surface area contributed by atoms with Gasteiger partial charge in [0.2, 0.25) is 10.0 Å². The van der Waals surface area contributed by atoms with Crippen LogP contribution < -0.4 is 10.5 Å². The monoisotopic (exact) mass is 290 g/mol. The number of hydrogen-bond acceptors (Lipinski definition) is 4. The number of nitrogens with two attached hydrogens (primary N) is 1. The summed E-state index contributed by atoms with van der Waals surface area (Å²) in [5.74, 6) is -0.848. The van der Waals surface area contributed by atoms with Gasteiger partial charge in [0.05, 0.1) is 6.61 Å². The number of benzene rings is 1. The molecule has 0 aliphatic rings. The topological polar surface area (TPSA) is 81.4 Å². The van der Waals surface area contributed by atoms with E-state index in [9.17, 15) is 12.8 Å². The predicted molar refractivity (Wildman–Crippen MR) is 71.6 cm³/mol. The fourth-order valence-electron chi connectivity index (χ4n) is 1.54. The highest BCUT2D eigenvalue weighted by Gasteiger charge is 2.25. The number of nitrogens with one attached hydrogen (secondary N) is 1. The van der Waals surface area contributed by atoms with Crippen LogP contribution in [0.4, 0.5) is 10.1 Å². The highest BCUT2D eigenvalue weighted by atomic mass is 32.2. The zero-order valence-electron chi connectivity index (χ0n) is 11.2. The molecule has 0 aliphatic carbocycles. The van der Waals surface area contributed by atoms with E-state index < -0.39 is 26.8 Å². The average Bonchev–Trinajstić information content (AvgIpc) is 2.27. The zero-order chi connectivity index (χ0) is 14.6. The number of anilines is 1. The molecule has 0 saturated carbocycles. The van der Waals surface area contributed by atoms with Crippen molar-refractivity contribution in [1.82, 2.24) is 4.72 Å². The molecule has 0 heterocycles. The van der Waals surface area contributed by atoms with Crippen molar-refractivity contribution >= 4 is 15.7 Å². The fraction of sp³-hybridized carbons (Fsp3) is 0.500. The summed E-state index contributed by atoms with van der Waals surface area (Å²) in [6.07, 6.45) is 0. The minimum atomic E-state index is -3.93. The van der Waals surface area contributed by atoms with Crippen LogP contribution in [0, 0.1) is 11.7 Å². The summed E-state index contributed by atoms with van der Waals surface area (Å²) in [7, 11) is -2.46. The number of sulfonamides is 1. The summed E-state index contributed by atoms with van der Waals surface area (Å²) >= 11 is 0. The lowest BCUT2D eigenvalue weighted by atomic mass is 10.1. The van der Waals surface area contributed by atoms with Crippen LogP contribution >= 0.6 is 0 Å². The molecule has 19 heavy (non-hydrogen) atoms. The van der Waals surface area contributed by atoms with Gasteiger partial charge in [-0.25, -0.2) is 17.5 Å². The van der Waals surface area contributed by atoms with Gasteiger partial charge in [0.15, 0.2) is 0 Å². The molecular formula is C12H19FN2O3S. The molecule has 1 aromatic rings. The summed E-state index contributed by atoms with van der Waals surface area (Å²) in [6, 6.07) is 3.05. The first kappa shape index (κ1) is 15.9. The third kappa shape index (κ3) is 4.15. The largest absolute Gasteiger partial charge is 0.399 e. The van der Waals surface area contributed by atoms with Crippen LogP contribution in [0.2, 0.25) is 0 Å². The van der Waals surface area contributed by atoms with Gasteiger partial charge >= 0.3 is 0 Å². The Morgan fingerprint density at radius 1 is 1.42 bits per heavy atom. The number of rotatable bonds is 6. The van der Waals surface area contributed by atoms with Gasteiger partial charge in [-0.05, 0) is 24.1 Å². The Bertz CT molecular complexity index is 532. The Kier molecular flexibility index (Phi) is 5.28. The molecule has 1 rings (SSSR count). The van der Waals surface area contributed by atoms with E-state index >= 15 is 0 Å². The first-order valence-corrected chi connectivity index (χ1v) is 7.32. The van der Waals surface area contributed by atoms with E-state index in [2.05, 4.69) is 4.72 Å². The molecule has 0 aromatic heterocycles. The molecule has 0 fully saturated rings. The Morgan fingerprint density at radius 3 is 2.53 bits per heavy atom. The highest BCUT2D eigenvalue weighted by molar-refractivity contribution is 7.89. The van der Waals surface area contributed by atoms with Crippen LogP contribution in [0.3, 0.4) is 0 Å². The lowest BCUT2D eigenvalue weighted by Gasteiger charge is -2.21. The maximum Gasteiger partial charge on any atom is 0.243 e. The van der Waals surface area contributed by atoms with Crippen molar-refractivity contribution in [2.45, 2.75) is 24.8 Å². The molecule has 0 aliphatic heterocycles. The molecule has 5 nitrogen and oxygen atoms in total. The summed E-state index contributed by atoms with van der Waals surface area (Å²) < 4.78 is 45.3. The van der Waals surface area contributed by atoms with Crippen molar-refractivity contribution in [2.75, 3.05) is 19.5 Å². The van der Waals surface area contributed by atoms with Crippen molar-refractivity contribution in [3.05, 3.63) is 24.0 Å². The molecule has 0 amide bonds. The third-order valence-electron chi connectivity index (χ3n) is 2.70. The third-order valence-corrected chi connectivity index (χ3v) is 4.23. The van der Waals surface area contributed by atoms with E-state index in [0.29, 0.717) is 0 Å². The smallest absolute Gasteiger partial charge is 0.243 e. The Balaban J connectivity index is 3.03. The SMILES string of the molecule is COCC(NS(=O)(=O)c1ccc(N)cc1F)C(C)C. The van der Waals surface area contributed by atoms with Gasteiger partial charge in [0.25, 0.3) is 0 Å². The lowest BCUT2D eigenvalue weighted by Crippen LogP contribution is -2.41. The molecule has 0 spiro atoms. The van der Waals surface area contributed by atoms with Crippen LogP contribution in [0.1, 0.15) is 13.8 Å². The van der Waals surface area contributed by atoms with Gasteiger partial charge in [-0.15, -0.1) is 0 Å². The van der Waals surface area contributed by atoms with Crippen molar-refractivity contribution < 1.29 is 17.5 Å². The van der Waals surface area contributed by atoms with Gasteiger partial charge in [0, 0.05) is 18.8 Å². The van der Waals surface area contributed by atoms with Gasteiger partial charge < -0.3 is 10.5 Å². The first-order chi connectivity index (χ1) is 8.77. The minimum Gasteiger partial charge on any atom is -0.399 e. The van der Waals surface area contributed by atoms with E-state index in [1.54, 1.807) is 0 Å². The van der Waals surface area contributed by atoms with Crippen molar-refractivity contribution in [1.29, 1.82) is 0 Å². The van der Waals surface area contributed by atoms with Crippen LogP contribution in [-0.4, -0.2) is 28.2 Å². The van der Waals surface area contributed by atoms with E-state index in [4.69, 9.17) is 10.5 Å². The summed E-state index contributed by atoms with van der Waals surface area (Å²) in [4.78, 5) is -0.413. The molecule has 0 radical (unpaired) electrons. The van der Waals surface area contributed by atoms with E-state index in [1.807, 2.05) is 13.8 Å². The normalized spacial score (nSPS) is 13.7. The van der Waals surface area contributed by atoms with Crippen LogP contribution in [-0.2, 0) is 14.8 Å². The summed E-state index contributed by atoms with van der Waals surface area (Å²) in [6.45, 7) is 3.92. The van der Waals surface area contributed by atoms with E-state index in [1.165, 1.54) is 13.2 Å². The molecule has 1 unspecified atom stereocenters. The molecule has 1 atom stereocenters. The van der Waals surface area contributed by atoms with Crippen LogP contribution in [0.5, 0.6) is 0 Å². The molecule has 0 saturated heterocycles. The van der Waals surface area contributed by atoms with Gasteiger partial charge in [-0.3, -0.25) is 0 Å². The van der Waals surface area contributed by atoms with Crippen molar-refractivity contribution in [2.24, 2.45) is 5.92 Å². The minimum absolute atomic E-state index is 0.0200. The fourth-order valence-corrected chi connectivity index (χ4v) is 2.97. The number of ether oxygens (including phenoxy) is 1. The molecule has 3 N–H and O–H groups in total. The average molecular weight is 290 g/mol. The molecule has 108 valence electrons. The maximum atomic E-state index is 13.7. The second-order valence-electron chi connectivity index (χ2n) is 4.62. The number of nitrogen functional groups attached to an aromatic ring is 1. The van der Waals surface area contributed by atoms with Crippen LogP contribution in [0.25, 0.3) is 0 Å². The van der Waals surface area contributed by atoms with Crippen LogP contribution in [0.15, 0.2) is 23.1 Å². The predicted octanol–water partition coefficient (Wildman–Crippen LogP) is 1.36. The molecule has 1 aromatic carbocycles. The quantitative estimate of drug-likeness (QED) is 0.775. The molecular weight excluding hydrogens is 271 g/mol. The lowest BCUT2D eigenvalue weighted by molar-refractivity contribution is 0.157. The number of hydrogen-bond donors (Lipinski definition) is 2. The van der Waals surface area contributed by atoms with Gasteiger partial charge in [-0.1, -0.05) is 13.8 Å². The zero-order valence-corrected chi connectivity index (χ0v) is 12.0. The Hall–Kier alpha value is -1.18. The van der Waals surface area contributed by atoms with E-state index in [-0.39, 0.29) is 18.2 Å². The summed E-state index contributed by atoms with van der Waals surface area (Å²) in [5.41, 5.74) is 5.57. The van der Waals surface area contributed by atoms with Gasteiger partial charge in [-0.2, -0.15) is 0 Å². The van der Waals surface area contributed by atoms with E-state index in [0.717, 1.165) is 12.1 Å². The first-order valence-electron chi connectivity index (χ1n) is 5.84. The highest BCUT2D eigenvalue weighted by Crippen LogP contribution is 2.18.